The number of rotatable bonds is 7. The summed E-state index contributed by atoms with van der Waals surface area (Å²) >= 11 is 0. The van der Waals surface area contributed by atoms with Crippen molar-refractivity contribution >= 4 is 5.91 Å². The van der Waals surface area contributed by atoms with E-state index in [2.05, 4.69) is 17.4 Å². The Morgan fingerprint density at radius 1 is 1.17 bits per heavy atom. The minimum atomic E-state index is 0.141. The zero-order chi connectivity index (χ0) is 16.8. The molecule has 3 rings (SSSR count). The zero-order valence-corrected chi connectivity index (χ0v) is 14.5. The van der Waals surface area contributed by atoms with Gasteiger partial charge in [-0.3, -0.25) is 4.79 Å². The number of aryl methyl sites for hydroxylation is 1. The van der Waals surface area contributed by atoms with Crippen LogP contribution in [0.1, 0.15) is 56.9 Å². The van der Waals surface area contributed by atoms with Crippen LogP contribution in [0.4, 0.5) is 0 Å². The molecule has 2 aliphatic carbocycles. The zero-order valence-electron chi connectivity index (χ0n) is 14.5. The normalized spacial score (nSPS) is 24.2. The van der Waals surface area contributed by atoms with Crippen molar-refractivity contribution in [3.63, 3.8) is 0 Å². The summed E-state index contributed by atoms with van der Waals surface area (Å²) in [6, 6.07) is 8.49. The van der Waals surface area contributed by atoms with E-state index in [9.17, 15) is 4.79 Å². The van der Waals surface area contributed by atoms with Crippen LogP contribution in [-0.2, 0) is 11.2 Å². The molecule has 2 unspecified atom stereocenters. The highest BCUT2D eigenvalue weighted by molar-refractivity contribution is 5.76. The number of carbonyl (C=O) groups excluding carboxylic acids is 1. The van der Waals surface area contributed by atoms with Gasteiger partial charge in [0.1, 0.15) is 5.75 Å². The summed E-state index contributed by atoms with van der Waals surface area (Å²) in [6.45, 7) is 0.672. The molecular formula is C20H30N2O2. The van der Waals surface area contributed by atoms with Gasteiger partial charge in [0, 0.05) is 12.5 Å². The number of benzene rings is 1. The topological polar surface area (TPSA) is 64.3 Å². The van der Waals surface area contributed by atoms with E-state index in [1.54, 1.807) is 0 Å². The molecule has 2 saturated carbocycles. The first-order chi connectivity index (χ1) is 11.7. The first-order valence-corrected chi connectivity index (χ1v) is 9.49. The average molecular weight is 330 g/mol. The van der Waals surface area contributed by atoms with Crippen LogP contribution in [0.25, 0.3) is 0 Å². The summed E-state index contributed by atoms with van der Waals surface area (Å²) < 4.78 is 6.04. The van der Waals surface area contributed by atoms with Crippen molar-refractivity contribution in [2.75, 3.05) is 6.54 Å². The van der Waals surface area contributed by atoms with E-state index in [1.165, 1.54) is 24.8 Å². The van der Waals surface area contributed by atoms with Gasteiger partial charge in [-0.05, 0) is 75.1 Å². The van der Waals surface area contributed by atoms with Crippen LogP contribution in [0.15, 0.2) is 24.3 Å². The van der Waals surface area contributed by atoms with Crippen molar-refractivity contribution in [2.45, 2.75) is 69.9 Å². The summed E-state index contributed by atoms with van der Waals surface area (Å²) in [7, 11) is 0. The van der Waals surface area contributed by atoms with Crippen LogP contribution in [-0.4, -0.2) is 24.6 Å². The lowest BCUT2D eigenvalue weighted by molar-refractivity contribution is -0.122. The van der Waals surface area contributed by atoms with Gasteiger partial charge in [0.15, 0.2) is 0 Å². The molecule has 24 heavy (non-hydrogen) atoms. The Hall–Kier alpha value is -1.55. The molecule has 0 saturated heterocycles. The predicted molar refractivity (Wildman–Crippen MR) is 96.0 cm³/mol. The van der Waals surface area contributed by atoms with E-state index < -0.39 is 0 Å². The van der Waals surface area contributed by atoms with Crippen LogP contribution in [0.2, 0.25) is 0 Å². The van der Waals surface area contributed by atoms with Gasteiger partial charge >= 0.3 is 0 Å². The number of nitrogens with two attached hydrogens (primary N) is 1. The fraction of sp³-hybridized carbons (Fsp3) is 0.650. The summed E-state index contributed by atoms with van der Waals surface area (Å²) in [5.74, 6) is 1.54. The van der Waals surface area contributed by atoms with Crippen LogP contribution in [0, 0.1) is 5.92 Å². The molecule has 0 aromatic heterocycles. The first-order valence-electron chi connectivity index (χ1n) is 9.49. The van der Waals surface area contributed by atoms with E-state index in [-0.39, 0.29) is 11.9 Å². The molecule has 1 aromatic carbocycles. The van der Waals surface area contributed by atoms with Crippen molar-refractivity contribution in [2.24, 2.45) is 11.7 Å². The highest BCUT2D eigenvalue weighted by atomic mass is 16.5. The largest absolute Gasteiger partial charge is 0.490 e. The molecule has 2 fully saturated rings. The second kappa shape index (κ2) is 8.52. The number of ether oxygens (including phenoxy) is 1. The van der Waals surface area contributed by atoms with Gasteiger partial charge in [-0.25, -0.2) is 0 Å². The van der Waals surface area contributed by atoms with E-state index in [1.807, 2.05) is 12.1 Å². The molecule has 3 N–H and O–H groups in total. The quantitative estimate of drug-likeness (QED) is 0.807. The van der Waals surface area contributed by atoms with Crippen LogP contribution < -0.4 is 15.8 Å². The number of nitrogens with one attached hydrogen (secondary N) is 1. The minimum absolute atomic E-state index is 0.141. The van der Waals surface area contributed by atoms with Gasteiger partial charge in [0.25, 0.3) is 0 Å². The maximum absolute atomic E-state index is 12.2. The molecule has 4 nitrogen and oxygen atoms in total. The lowest BCUT2D eigenvalue weighted by atomic mass is 10.0. The standard InChI is InChI=1S/C20H30N2O2/c21-14-16-6-4-10-19(16)22-20(23)12-11-15-5-3-9-18(13-15)24-17-7-1-2-8-17/h3,5,9,13,16-17,19H,1-2,4,6-8,10-12,14,21H2,(H,22,23). The highest BCUT2D eigenvalue weighted by Crippen LogP contribution is 2.26. The summed E-state index contributed by atoms with van der Waals surface area (Å²) in [6.07, 6.45) is 9.92. The van der Waals surface area contributed by atoms with Crippen molar-refractivity contribution in [3.8, 4) is 5.75 Å². The monoisotopic (exact) mass is 330 g/mol. The van der Waals surface area contributed by atoms with E-state index in [0.29, 0.717) is 25.0 Å². The number of amides is 1. The fourth-order valence-electron chi connectivity index (χ4n) is 4.02. The number of hydrogen-bond donors (Lipinski definition) is 2. The minimum Gasteiger partial charge on any atom is -0.490 e. The Bertz CT molecular complexity index is 540. The Kier molecular flexibility index (Phi) is 6.13. The molecule has 2 aliphatic rings. The lowest BCUT2D eigenvalue weighted by Crippen LogP contribution is -2.39. The molecule has 4 heteroatoms. The highest BCUT2D eigenvalue weighted by Gasteiger charge is 2.27. The number of carbonyl (C=O) groups is 1. The SMILES string of the molecule is NCC1CCCC1NC(=O)CCc1cccc(OC2CCCC2)c1. The van der Waals surface area contributed by atoms with E-state index in [4.69, 9.17) is 10.5 Å². The third-order valence-corrected chi connectivity index (χ3v) is 5.45. The molecule has 0 bridgehead atoms. The Balaban J connectivity index is 1.46. The van der Waals surface area contributed by atoms with Crippen LogP contribution >= 0.6 is 0 Å². The van der Waals surface area contributed by atoms with Gasteiger partial charge in [-0.1, -0.05) is 18.6 Å². The van der Waals surface area contributed by atoms with Crippen molar-refractivity contribution in [1.29, 1.82) is 0 Å². The molecule has 0 aliphatic heterocycles. The third kappa shape index (κ3) is 4.73. The smallest absolute Gasteiger partial charge is 0.220 e. The molecular weight excluding hydrogens is 300 g/mol. The molecule has 0 radical (unpaired) electrons. The molecule has 1 aromatic rings. The van der Waals surface area contributed by atoms with Crippen LogP contribution in [0.3, 0.4) is 0 Å². The maximum Gasteiger partial charge on any atom is 0.220 e. The van der Waals surface area contributed by atoms with E-state index >= 15 is 0 Å². The molecule has 0 heterocycles. The van der Waals surface area contributed by atoms with Gasteiger partial charge in [0.05, 0.1) is 6.10 Å². The lowest BCUT2D eigenvalue weighted by Gasteiger charge is -2.19. The second-order valence-corrected chi connectivity index (χ2v) is 7.27. The third-order valence-electron chi connectivity index (χ3n) is 5.45. The average Bonchev–Trinajstić information content (AvgIpc) is 3.25. The predicted octanol–water partition coefficient (Wildman–Crippen LogP) is 3.18. The Morgan fingerprint density at radius 2 is 2.00 bits per heavy atom. The van der Waals surface area contributed by atoms with Crippen molar-refractivity contribution < 1.29 is 9.53 Å². The first kappa shape index (κ1) is 17.3. The fourth-order valence-corrected chi connectivity index (χ4v) is 4.02. The van der Waals surface area contributed by atoms with Gasteiger partial charge < -0.3 is 15.8 Å². The van der Waals surface area contributed by atoms with Crippen molar-refractivity contribution in [1.82, 2.24) is 5.32 Å². The molecule has 0 spiro atoms. The van der Waals surface area contributed by atoms with Gasteiger partial charge in [0.2, 0.25) is 5.91 Å². The molecule has 1 amide bonds. The summed E-state index contributed by atoms with van der Waals surface area (Å²) in [5.41, 5.74) is 6.95. The molecule has 132 valence electrons. The Morgan fingerprint density at radius 3 is 2.79 bits per heavy atom. The second-order valence-electron chi connectivity index (χ2n) is 7.27. The van der Waals surface area contributed by atoms with Crippen molar-refractivity contribution in [3.05, 3.63) is 29.8 Å². The van der Waals surface area contributed by atoms with Gasteiger partial charge in [-0.15, -0.1) is 0 Å². The van der Waals surface area contributed by atoms with Crippen LogP contribution in [0.5, 0.6) is 5.75 Å². The summed E-state index contributed by atoms with van der Waals surface area (Å²) in [4.78, 5) is 12.2. The summed E-state index contributed by atoms with van der Waals surface area (Å²) in [5, 5.41) is 3.17. The molecule has 2 atom stereocenters. The van der Waals surface area contributed by atoms with E-state index in [0.717, 1.165) is 37.9 Å². The van der Waals surface area contributed by atoms with Gasteiger partial charge in [-0.2, -0.15) is 0 Å². The maximum atomic E-state index is 12.2. The Labute approximate surface area is 145 Å². The number of hydrogen-bond acceptors (Lipinski definition) is 3.